The van der Waals surface area contributed by atoms with Crippen molar-refractivity contribution >= 4 is 111 Å². The topological polar surface area (TPSA) is 26.3 Å². The van der Waals surface area contributed by atoms with Crippen molar-refractivity contribution in [1.82, 2.24) is 0 Å². The van der Waals surface area contributed by atoms with Gasteiger partial charge in [-0.2, -0.15) is 0 Å². The molecule has 0 radical (unpaired) electrons. The fourth-order valence-electron chi connectivity index (χ4n) is 2.39. The number of hydrogen-bond acceptors (Lipinski definition) is 11. The first-order valence-corrected chi connectivity index (χ1v) is 15.9. The molecule has 142 valence electrons. The van der Waals surface area contributed by atoms with Crippen molar-refractivity contribution < 1.29 is 9.53 Å². The largest absolute Gasteiger partial charge is 0.460 e. The van der Waals surface area contributed by atoms with E-state index in [1.807, 2.05) is 112 Å². The Morgan fingerprint density at radius 2 is 1.59 bits per heavy atom. The van der Waals surface area contributed by atoms with Gasteiger partial charge in [0, 0.05) is 17.3 Å². The maximum absolute atomic E-state index is 12.1. The van der Waals surface area contributed by atoms with E-state index in [2.05, 4.69) is 0 Å². The molecule has 1 aromatic rings. The van der Waals surface area contributed by atoms with Gasteiger partial charge in [0.15, 0.2) is 0 Å². The molecule has 0 saturated heterocycles. The second-order valence-corrected chi connectivity index (χ2v) is 16.6. The first-order chi connectivity index (χ1) is 13.3. The van der Waals surface area contributed by atoms with Gasteiger partial charge in [-0.05, 0) is 11.4 Å². The Balaban J connectivity index is 1.18. The summed E-state index contributed by atoms with van der Waals surface area (Å²) in [7, 11) is 0. The summed E-state index contributed by atoms with van der Waals surface area (Å²) < 4.78 is 14.2. The highest BCUT2D eigenvalue weighted by molar-refractivity contribution is 8.45. The molecule has 0 saturated carbocycles. The van der Waals surface area contributed by atoms with E-state index >= 15 is 0 Å². The number of thiophene rings is 1. The first-order valence-electron chi connectivity index (χ1n) is 7.96. The van der Waals surface area contributed by atoms with Crippen molar-refractivity contribution in [2.75, 3.05) is 23.9 Å². The van der Waals surface area contributed by atoms with Crippen LogP contribution in [0.2, 0.25) is 0 Å². The van der Waals surface area contributed by atoms with Crippen LogP contribution in [0.5, 0.6) is 0 Å². The molecule has 5 rings (SSSR count). The zero-order valence-corrected chi connectivity index (χ0v) is 21.0. The van der Waals surface area contributed by atoms with E-state index in [1.54, 1.807) is 0 Å². The molecule has 0 aromatic carbocycles. The van der Waals surface area contributed by atoms with Gasteiger partial charge in [0.2, 0.25) is 0 Å². The monoisotopic (exact) mass is 524 g/mol. The van der Waals surface area contributed by atoms with Crippen LogP contribution >= 0.6 is 105 Å². The fourth-order valence-corrected chi connectivity index (χ4v) is 15.5. The first kappa shape index (κ1) is 20.1. The van der Waals surface area contributed by atoms with Crippen LogP contribution in [-0.2, 0) is 4.74 Å². The molecule has 4 aliphatic rings. The molecule has 0 N–H and O–H groups in total. The lowest BCUT2D eigenvalue weighted by Crippen LogP contribution is -2.19. The molecule has 2 nitrogen and oxygen atoms in total. The van der Waals surface area contributed by atoms with Gasteiger partial charge in [0.1, 0.15) is 11.5 Å². The van der Waals surface area contributed by atoms with Crippen molar-refractivity contribution in [3.63, 3.8) is 0 Å². The van der Waals surface area contributed by atoms with Crippen LogP contribution < -0.4 is 0 Å². The smallest absolute Gasteiger partial charge is 0.348 e. The minimum absolute atomic E-state index is 0.197. The molecule has 0 spiro atoms. The van der Waals surface area contributed by atoms with Crippen LogP contribution in [0.25, 0.3) is 0 Å². The highest BCUT2D eigenvalue weighted by Gasteiger charge is 2.35. The van der Waals surface area contributed by atoms with Gasteiger partial charge in [0.25, 0.3) is 0 Å². The molecule has 0 amide bonds. The molecule has 0 unspecified atom stereocenters. The number of esters is 1. The van der Waals surface area contributed by atoms with Gasteiger partial charge in [-0.15, -0.1) is 58.4 Å². The lowest BCUT2D eigenvalue weighted by Gasteiger charge is -2.20. The maximum atomic E-state index is 12.1. The van der Waals surface area contributed by atoms with Crippen LogP contribution in [0.15, 0.2) is 42.9 Å². The van der Waals surface area contributed by atoms with Crippen molar-refractivity contribution in [2.45, 2.75) is 5.25 Å². The summed E-state index contributed by atoms with van der Waals surface area (Å²) in [6.07, 6.45) is 0. The van der Waals surface area contributed by atoms with Gasteiger partial charge in [0.05, 0.1) is 30.7 Å². The molecule has 11 heteroatoms. The highest BCUT2D eigenvalue weighted by Crippen LogP contribution is 2.68. The van der Waals surface area contributed by atoms with E-state index in [9.17, 15) is 4.79 Å². The molecule has 5 heterocycles. The van der Waals surface area contributed by atoms with Crippen molar-refractivity contribution in [3.8, 4) is 0 Å². The SMILES string of the molecule is O=C(OC[C@@H]1CSC2=C(SC(=C3SC4=C(SCCS4)S3)S2)S1)c1cccs1. The quantitative estimate of drug-likeness (QED) is 0.368. The fraction of sp³-hybridized carbons (Fsp3) is 0.312. The van der Waals surface area contributed by atoms with Crippen LogP contribution in [0.3, 0.4) is 0 Å². The van der Waals surface area contributed by atoms with Crippen molar-refractivity contribution in [2.24, 2.45) is 0 Å². The summed E-state index contributed by atoms with van der Waals surface area (Å²) in [5.41, 5.74) is 0. The Morgan fingerprint density at radius 3 is 2.26 bits per heavy atom. The van der Waals surface area contributed by atoms with E-state index < -0.39 is 0 Å². The molecule has 4 aliphatic heterocycles. The normalized spacial score (nSPS) is 25.1. The second-order valence-electron chi connectivity index (χ2n) is 5.46. The third-order valence-electron chi connectivity index (χ3n) is 3.59. The van der Waals surface area contributed by atoms with Gasteiger partial charge in [-0.25, -0.2) is 4.79 Å². The molecule has 1 atom stereocenters. The summed E-state index contributed by atoms with van der Waals surface area (Å²) in [5.74, 6) is 3.26. The number of ether oxygens (including phenoxy) is 1. The van der Waals surface area contributed by atoms with Crippen LogP contribution in [-0.4, -0.2) is 35.1 Å². The van der Waals surface area contributed by atoms with Gasteiger partial charge < -0.3 is 4.74 Å². The zero-order chi connectivity index (χ0) is 18.2. The Labute approximate surface area is 196 Å². The lowest BCUT2D eigenvalue weighted by atomic mass is 10.4. The van der Waals surface area contributed by atoms with Crippen molar-refractivity contribution in [3.05, 3.63) is 47.8 Å². The molecular weight excluding hydrogens is 513 g/mol. The number of hydrogen-bond donors (Lipinski definition) is 0. The maximum Gasteiger partial charge on any atom is 0.348 e. The molecule has 0 aliphatic carbocycles. The number of thioether (sulfide) groups is 8. The van der Waals surface area contributed by atoms with E-state index in [-0.39, 0.29) is 5.97 Å². The Kier molecular flexibility index (Phi) is 6.80. The average Bonchev–Trinajstić information content (AvgIpc) is 3.44. The average molecular weight is 525 g/mol. The molecule has 27 heavy (non-hydrogen) atoms. The number of rotatable bonds is 3. The van der Waals surface area contributed by atoms with E-state index in [0.717, 1.165) is 5.75 Å². The van der Waals surface area contributed by atoms with E-state index in [1.165, 1.54) is 48.3 Å². The zero-order valence-electron chi connectivity index (χ0n) is 13.6. The molecular formula is C16H12O2S9. The minimum Gasteiger partial charge on any atom is -0.460 e. The summed E-state index contributed by atoms with van der Waals surface area (Å²) in [6, 6.07) is 3.70. The highest BCUT2D eigenvalue weighted by atomic mass is 32.3. The molecule has 0 fully saturated rings. The van der Waals surface area contributed by atoms with Crippen LogP contribution in [0.4, 0.5) is 0 Å². The predicted molar refractivity (Wildman–Crippen MR) is 135 cm³/mol. The molecule has 0 bridgehead atoms. The van der Waals surface area contributed by atoms with Gasteiger partial charge >= 0.3 is 5.97 Å². The summed E-state index contributed by atoms with van der Waals surface area (Å²) in [4.78, 5) is 12.7. The summed E-state index contributed by atoms with van der Waals surface area (Å²) >= 11 is 17.0. The third-order valence-corrected chi connectivity index (χ3v) is 16.8. The van der Waals surface area contributed by atoms with E-state index in [4.69, 9.17) is 4.74 Å². The summed E-state index contributed by atoms with van der Waals surface area (Å²) in [6.45, 7) is 0.481. The predicted octanol–water partition coefficient (Wildman–Crippen LogP) is 7.57. The standard InChI is InChI=1S/C16H12O2S9/c17-10(9-2-1-3-19-9)18-6-8-7-22-13-14(23-8)27-16(26-13)15-24-11-12(25-15)21-5-4-20-11/h1-3,8H,4-7H2/t8-/m1/s1. The second kappa shape index (κ2) is 9.13. The summed E-state index contributed by atoms with van der Waals surface area (Å²) in [5, 5.41) is 2.24. The lowest BCUT2D eigenvalue weighted by molar-refractivity contribution is 0.0517. The Bertz CT molecular complexity index is 835. The minimum atomic E-state index is -0.197. The van der Waals surface area contributed by atoms with Crippen LogP contribution in [0, 0.1) is 0 Å². The Hall–Kier alpha value is 1.19. The number of carbonyl (C=O) groups is 1. The number of carbonyl (C=O) groups excluding carboxylic acids is 1. The Morgan fingerprint density at radius 1 is 0.926 bits per heavy atom. The third kappa shape index (κ3) is 4.61. The molecule has 1 aromatic heterocycles. The van der Waals surface area contributed by atoms with Gasteiger partial charge in [-0.1, -0.05) is 53.1 Å². The van der Waals surface area contributed by atoms with Crippen molar-refractivity contribution in [1.29, 1.82) is 0 Å². The van der Waals surface area contributed by atoms with Crippen LogP contribution in [0.1, 0.15) is 9.67 Å². The van der Waals surface area contributed by atoms with Gasteiger partial charge in [-0.3, -0.25) is 0 Å². The van der Waals surface area contributed by atoms with E-state index in [0.29, 0.717) is 16.7 Å².